The highest BCUT2D eigenvalue weighted by Gasteiger charge is 2.29. The van der Waals surface area contributed by atoms with Crippen molar-refractivity contribution in [2.45, 2.75) is 6.04 Å². The fourth-order valence-corrected chi connectivity index (χ4v) is 3.17. The summed E-state index contributed by atoms with van der Waals surface area (Å²) in [6.07, 6.45) is 1.95. The predicted octanol–water partition coefficient (Wildman–Crippen LogP) is 4.45. The van der Waals surface area contributed by atoms with Gasteiger partial charge in [0.2, 0.25) is 0 Å². The van der Waals surface area contributed by atoms with Crippen LogP contribution in [-0.2, 0) is 4.79 Å². The fraction of sp³-hybridized carbons (Fsp3) is 0.0455. The summed E-state index contributed by atoms with van der Waals surface area (Å²) in [7, 11) is 0. The van der Waals surface area contributed by atoms with E-state index in [0.717, 1.165) is 22.3 Å². The summed E-state index contributed by atoms with van der Waals surface area (Å²) in [5.74, 6) is -0.0357. The Hall–Kier alpha value is -3.13. The minimum Gasteiger partial charge on any atom is -0.341 e. The van der Waals surface area contributed by atoms with Crippen LogP contribution < -0.4 is 5.32 Å². The van der Waals surface area contributed by atoms with Crippen LogP contribution in [0.1, 0.15) is 28.3 Å². The minimum absolute atomic E-state index is 0.0357. The monoisotopic (exact) mass is 311 g/mol. The number of benzene rings is 3. The Balaban J connectivity index is 1.84. The molecule has 3 aromatic carbocycles. The number of nitrogens with one attached hydrogen (secondary N) is 1. The number of fused-ring (bicyclic) bond motifs is 1. The third kappa shape index (κ3) is 2.63. The Morgan fingerprint density at radius 2 is 1.38 bits per heavy atom. The van der Waals surface area contributed by atoms with Crippen LogP contribution in [0.3, 0.4) is 0 Å². The Morgan fingerprint density at radius 3 is 2.12 bits per heavy atom. The molecule has 0 bridgehead atoms. The zero-order valence-corrected chi connectivity index (χ0v) is 13.1. The van der Waals surface area contributed by atoms with Gasteiger partial charge >= 0.3 is 0 Å². The topological polar surface area (TPSA) is 29.1 Å². The van der Waals surface area contributed by atoms with E-state index in [4.69, 9.17) is 0 Å². The molecule has 24 heavy (non-hydrogen) atoms. The molecule has 0 spiro atoms. The van der Waals surface area contributed by atoms with E-state index in [2.05, 4.69) is 11.4 Å². The molecule has 2 nitrogen and oxygen atoms in total. The normalized spacial score (nSPS) is 18.1. The Bertz CT molecular complexity index is 898. The van der Waals surface area contributed by atoms with E-state index in [1.54, 1.807) is 0 Å². The van der Waals surface area contributed by atoms with Crippen molar-refractivity contribution in [3.63, 3.8) is 0 Å². The van der Waals surface area contributed by atoms with E-state index in [9.17, 15) is 4.79 Å². The van der Waals surface area contributed by atoms with Crippen LogP contribution in [0.4, 0.5) is 0 Å². The molecule has 1 heterocycles. The Kier molecular flexibility index (Phi) is 3.72. The zero-order valence-electron chi connectivity index (χ0n) is 13.1. The summed E-state index contributed by atoms with van der Waals surface area (Å²) < 4.78 is 0. The molecule has 116 valence electrons. The van der Waals surface area contributed by atoms with E-state index >= 15 is 0 Å². The van der Waals surface area contributed by atoms with Gasteiger partial charge in [0.05, 0.1) is 6.04 Å². The highest BCUT2D eigenvalue weighted by molar-refractivity contribution is 6.25. The van der Waals surface area contributed by atoms with E-state index < -0.39 is 0 Å². The highest BCUT2D eigenvalue weighted by atomic mass is 16.1. The first kappa shape index (κ1) is 14.5. The molecule has 3 aromatic rings. The first-order chi connectivity index (χ1) is 11.8. The predicted molar refractivity (Wildman–Crippen MR) is 97.2 cm³/mol. The second-order valence-corrected chi connectivity index (χ2v) is 5.87. The molecule has 1 amide bonds. The molecule has 0 saturated heterocycles. The van der Waals surface area contributed by atoms with Crippen molar-refractivity contribution in [2.24, 2.45) is 0 Å². The molecule has 0 aromatic heterocycles. The maximum Gasteiger partial charge on any atom is 0.252 e. The molecule has 1 aliphatic heterocycles. The average molecular weight is 311 g/mol. The van der Waals surface area contributed by atoms with Gasteiger partial charge in [-0.15, -0.1) is 0 Å². The second kappa shape index (κ2) is 6.17. The Labute approximate surface area is 141 Å². The summed E-state index contributed by atoms with van der Waals surface area (Å²) in [6, 6.07) is 28.0. The molecule has 0 aliphatic carbocycles. The van der Waals surface area contributed by atoms with Crippen molar-refractivity contribution in [2.75, 3.05) is 0 Å². The smallest absolute Gasteiger partial charge is 0.252 e. The molecule has 1 unspecified atom stereocenters. The third-order valence-corrected chi connectivity index (χ3v) is 4.33. The minimum atomic E-state index is -0.108. The van der Waals surface area contributed by atoms with Crippen molar-refractivity contribution in [3.8, 4) is 0 Å². The Morgan fingerprint density at radius 1 is 0.750 bits per heavy atom. The lowest BCUT2D eigenvalue weighted by Gasteiger charge is -2.28. The van der Waals surface area contributed by atoms with E-state index in [-0.39, 0.29) is 11.9 Å². The van der Waals surface area contributed by atoms with E-state index in [1.165, 1.54) is 0 Å². The standard InChI is InChI=1S/C22H17NO/c24-22-20(15-16-9-3-1-4-10-16)18-13-7-8-14-19(18)21(23-22)17-11-5-2-6-12-17/h1-15,21H,(H,23,24). The van der Waals surface area contributed by atoms with Crippen LogP contribution in [-0.4, -0.2) is 5.91 Å². The summed E-state index contributed by atoms with van der Waals surface area (Å²) in [5.41, 5.74) is 4.96. The summed E-state index contributed by atoms with van der Waals surface area (Å²) >= 11 is 0. The molecule has 4 rings (SSSR count). The maximum atomic E-state index is 12.8. The van der Waals surface area contributed by atoms with Crippen molar-refractivity contribution in [3.05, 3.63) is 107 Å². The molecular formula is C22H17NO. The van der Waals surface area contributed by atoms with Crippen LogP contribution in [0.15, 0.2) is 84.9 Å². The van der Waals surface area contributed by atoms with Crippen LogP contribution in [0, 0.1) is 0 Å². The molecule has 1 aliphatic rings. The van der Waals surface area contributed by atoms with Gasteiger partial charge in [0, 0.05) is 5.57 Å². The van der Waals surface area contributed by atoms with Gasteiger partial charge in [0.1, 0.15) is 0 Å². The van der Waals surface area contributed by atoms with Gasteiger partial charge in [0.25, 0.3) is 5.91 Å². The quantitative estimate of drug-likeness (QED) is 0.696. The van der Waals surface area contributed by atoms with E-state index in [0.29, 0.717) is 5.57 Å². The van der Waals surface area contributed by atoms with Gasteiger partial charge in [-0.3, -0.25) is 4.79 Å². The van der Waals surface area contributed by atoms with Gasteiger partial charge in [0.15, 0.2) is 0 Å². The van der Waals surface area contributed by atoms with Crippen molar-refractivity contribution in [1.29, 1.82) is 0 Å². The first-order valence-corrected chi connectivity index (χ1v) is 8.05. The van der Waals surface area contributed by atoms with Crippen LogP contribution in [0.2, 0.25) is 0 Å². The lowest BCUT2D eigenvalue weighted by Crippen LogP contribution is -2.35. The van der Waals surface area contributed by atoms with Gasteiger partial charge in [-0.1, -0.05) is 84.9 Å². The van der Waals surface area contributed by atoms with Crippen molar-refractivity contribution < 1.29 is 4.79 Å². The molecule has 2 heteroatoms. The number of carbonyl (C=O) groups excluding carboxylic acids is 1. The molecule has 1 atom stereocenters. The highest BCUT2D eigenvalue weighted by Crippen LogP contribution is 2.34. The molecule has 0 fully saturated rings. The number of rotatable bonds is 2. The van der Waals surface area contributed by atoms with Gasteiger partial charge in [-0.05, 0) is 28.3 Å². The second-order valence-electron chi connectivity index (χ2n) is 5.87. The SMILES string of the molecule is O=C1NC(c2ccccc2)c2ccccc2C1=Cc1ccccc1. The lowest BCUT2D eigenvalue weighted by molar-refractivity contribution is -0.116. The van der Waals surface area contributed by atoms with Gasteiger partial charge in [-0.25, -0.2) is 0 Å². The van der Waals surface area contributed by atoms with Crippen molar-refractivity contribution in [1.82, 2.24) is 5.32 Å². The molecule has 0 radical (unpaired) electrons. The summed E-state index contributed by atoms with van der Waals surface area (Å²) in [5, 5.41) is 3.15. The lowest BCUT2D eigenvalue weighted by atomic mass is 9.86. The van der Waals surface area contributed by atoms with Crippen LogP contribution in [0.25, 0.3) is 11.6 Å². The molecular weight excluding hydrogens is 294 g/mol. The van der Waals surface area contributed by atoms with Crippen LogP contribution >= 0.6 is 0 Å². The summed E-state index contributed by atoms with van der Waals surface area (Å²) in [4.78, 5) is 12.8. The zero-order chi connectivity index (χ0) is 16.4. The van der Waals surface area contributed by atoms with E-state index in [1.807, 2.05) is 84.9 Å². The van der Waals surface area contributed by atoms with Crippen LogP contribution in [0.5, 0.6) is 0 Å². The first-order valence-electron chi connectivity index (χ1n) is 8.05. The maximum absolute atomic E-state index is 12.8. The fourth-order valence-electron chi connectivity index (χ4n) is 3.17. The van der Waals surface area contributed by atoms with Crippen molar-refractivity contribution >= 4 is 17.6 Å². The number of amides is 1. The van der Waals surface area contributed by atoms with Gasteiger partial charge in [-0.2, -0.15) is 0 Å². The number of carbonyl (C=O) groups is 1. The summed E-state index contributed by atoms with van der Waals surface area (Å²) in [6.45, 7) is 0. The molecule has 0 saturated carbocycles. The molecule has 1 N–H and O–H groups in total. The largest absolute Gasteiger partial charge is 0.341 e. The number of hydrogen-bond donors (Lipinski definition) is 1. The van der Waals surface area contributed by atoms with Gasteiger partial charge < -0.3 is 5.32 Å². The average Bonchev–Trinajstić information content (AvgIpc) is 2.65. The third-order valence-electron chi connectivity index (χ3n) is 4.33. The number of hydrogen-bond acceptors (Lipinski definition) is 1.